The summed E-state index contributed by atoms with van der Waals surface area (Å²) < 4.78 is 0. The zero-order chi connectivity index (χ0) is 9.23. The van der Waals surface area contributed by atoms with Gasteiger partial charge in [-0.15, -0.1) is 0 Å². The molecule has 0 aliphatic rings. The predicted octanol–water partition coefficient (Wildman–Crippen LogP) is 0.0135. The van der Waals surface area contributed by atoms with Crippen molar-refractivity contribution in [1.82, 2.24) is 0 Å². The van der Waals surface area contributed by atoms with Crippen molar-refractivity contribution in [2.45, 2.75) is 26.8 Å². The summed E-state index contributed by atoms with van der Waals surface area (Å²) in [6.45, 7) is 4.18. The molecule has 1 atom stereocenters. The Morgan fingerprint density at radius 3 is 1.91 bits per heavy atom. The molecule has 0 saturated carbocycles. The van der Waals surface area contributed by atoms with Crippen LogP contribution in [0.25, 0.3) is 0 Å². The van der Waals surface area contributed by atoms with Gasteiger partial charge in [0.2, 0.25) is 0 Å². The van der Waals surface area contributed by atoms with Crippen molar-refractivity contribution in [3.05, 3.63) is 0 Å². The van der Waals surface area contributed by atoms with Crippen LogP contribution in [0.5, 0.6) is 0 Å². The average Bonchev–Trinajstić information content (AvgIpc) is 1.85. The molecule has 0 saturated heterocycles. The summed E-state index contributed by atoms with van der Waals surface area (Å²) in [5, 5.41) is 8.58. The highest BCUT2D eigenvalue weighted by atomic mass is 16.4. The van der Waals surface area contributed by atoms with Crippen molar-refractivity contribution < 1.29 is 14.7 Å². The number of carbonyl (C=O) groups excluding carboxylic acids is 1. The van der Waals surface area contributed by atoms with Gasteiger partial charge in [-0.2, -0.15) is 0 Å². The van der Waals surface area contributed by atoms with Crippen molar-refractivity contribution in [2.24, 2.45) is 11.1 Å². The molecule has 11 heavy (non-hydrogen) atoms. The number of Topliss-reactive ketones (excluding diaryl/α,β-unsaturated/α-hetero) is 1. The van der Waals surface area contributed by atoms with Crippen LogP contribution in [0.2, 0.25) is 0 Å². The Balaban J connectivity index is 4.56. The zero-order valence-electron chi connectivity index (χ0n) is 6.92. The molecule has 0 aromatic rings. The molecule has 0 amide bonds. The van der Waals surface area contributed by atoms with E-state index < -0.39 is 23.2 Å². The van der Waals surface area contributed by atoms with E-state index in [4.69, 9.17) is 10.8 Å². The molecular formula is C7H13NO3. The van der Waals surface area contributed by atoms with E-state index in [2.05, 4.69) is 0 Å². The molecular weight excluding hydrogens is 146 g/mol. The van der Waals surface area contributed by atoms with Crippen LogP contribution >= 0.6 is 0 Å². The maximum absolute atomic E-state index is 11.1. The van der Waals surface area contributed by atoms with E-state index in [0.717, 1.165) is 0 Å². The van der Waals surface area contributed by atoms with Gasteiger partial charge in [0.1, 0.15) is 5.41 Å². The van der Waals surface area contributed by atoms with Crippen LogP contribution in [0, 0.1) is 5.41 Å². The molecule has 0 heterocycles. The Hall–Kier alpha value is -0.900. The second kappa shape index (κ2) is 3.00. The molecule has 64 valence electrons. The molecule has 0 aliphatic carbocycles. The number of aliphatic carboxylic acids is 1. The van der Waals surface area contributed by atoms with Gasteiger partial charge in [-0.05, 0) is 20.8 Å². The van der Waals surface area contributed by atoms with Crippen LogP contribution < -0.4 is 5.73 Å². The predicted molar refractivity (Wildman–Crippen MR) is 40.1 cm³/mol. The SMILES string of the molecule is CC(N)C(=O)C(C)(C)C(=O)O. The summed E-state index contributed by atoms with van der Waals surface area (Å²) in [5.41, 5.74) is 3.88. The Kier molecular flexibility index (Phi) is 2.76. The van der Waals surface area contributed by atoms with E-state index in [1.54, 1.807) is 0 Å². The number of hydrogen-bond donors (Lipinski definition) is 2. The molecule has 0 aromatic heterocycles. The first kappa shape index (κ1) is 10.1. The summed E-state index contributed by atoms with van der Waals surface area (Å²) in [6, 6.07) is -0.721. The van der Waals surface area contributed by atoms with Crippen LogP contribution in [-0.2, 0) is 9.59 Å². The Morgan fingerprint density at radius 2 is 1.82 bits per heavy atom. The van der Waals surface area contributed by atoms with Crippen LogP contribution in [0.4, 0.5) is 0 Å². The number of carbonyl (C=O) groups is 2. The second-order valence-electron chi connectivity index (χ2n) is 3.08. The minimum absolute atomic E-state index is 0.454. The van der Waals surface area contributed by atoms with Crippen molar-refractivity contribution >= 4 is 11.8 Å². The Bertz CT molecular complexity index is 184. The van der Waals surface area contributed by atoms with Gasteiger partial charge < -0.3 is 10.8 Å². The van der Waals surface area contributed by atoms with Crippen LogP contribution in [0.15, 0.2) is 0 Å². The van der Waals surface area contributed by atoms with Gasteiger partial charge in [-0.1, -0.05) is 0 Å². The third-order valence-corrected chi connectivity index (χ3v) is 1.56. The quantitative estimate of drug-likeness (QED) is 0.568. The number of carboxylic acids is 1. The van der Waals surface area contributed by atoms with Gasteiger partial charge in [-0.25, -0.2) is 0 Å². The lowest BCUT2D eigenvalue weighted by Gasteiger charge is -2.19. The molecule has 0 aliphatic heterocycles. The fourth-order valence-corrected chi connectivity index (χ4v) is 0.675. The minimum atomic E-state index is -1.37. The summed E-state index contributed by atoms with van der Waals surface area (Å²) in [6.07, 6.45) is 0. The highest BCUT2D eigenvalue weighted by Gasteiger charge is 2.37. The standard InChI is InChI=1S/C7H13NO3/c1-4(8)5(9)7(2,3)6(10)11/h4H,8H2,1-3H3,(H,10,11). The maximum Gasteiger partial charge on any atom is 0.316 e. The van der Waals surface area contributed by atoms with Gasteiger partial charge in [-0.3, -0.25) is 9.59 Å². The largest absolute Gasteiger partial charge is 0.481 e. The lowest BCUT2D eigenvalue weighted by Crippen LogP contribution is -2.43. The highest BCUT2D eigenvalue weighted by Crippen LogP contribution is 2.17. The topological polar surface area (TPSA) is 80.4 Å². The van der Waals surface area contributed by atoms with E-state index in [9.17, 15) is 9.59 Å². The number of ketones is 1. The number of nitrogens with two attached hydrogens (primary N) is 1. The number of carboxylic acid groups (broad SMARTS) is 1. The van der Waals surface area contributed by atoms with Crippen molar-refractivity contribution in [3.63, 3.8) is 0 Å². The number of rotatable bonds is 3. The third-order valence-electron chi connectivity index (χ3n) is 1.56. The van der Waals surface area contributed by atoms with Gasteiger partial charge in [0.25, 0.3) is 0 Å². The first-order chi connectivity index (χ1) is 4.80. The molecule has 0 fully saturated rings. The first-order valence-electron chi connectivity index (χ1n) is 3.33. The van der Waals surface area contributed by atoms with Crippen LogP contribution in [0.3, 0.4) is 0 Å². The van der Waals surface area contributed by atoms with E-state index in [-0.39, 0.29) is 0 Å². The minimum Gasteiger partial charge on any atom is -0.481 e. The first-order valence-corrected chi connectivity index (χ1v) is 3.33. The van der Waals surface area contributed by atoms with Crippen LogP contribution in [-0.4, -0.2) is 22.9 Å². The molecule has 4 heteroatoms. The zero-order valence-corrected chi connectivity index (χ0v) is 6.92. The van der Waals surface area contributed by atoms with Crippen molar-refractivity contribution in [3.8, 4) is 0 Å². The normalized spacial score (nSPS) is 14.2. The van der Waals surface area contributed by atoms with E-state index in [1.807, 2.05) is 0 Å². The van der Waals surface area contributed by atoms with E-state index in [1.165, 1.54) is 20.8 Å². The van der Waals surface area contributed by atoms with Gasteiger partial charge in [0, 0.05) is 0 Å². The smallest absolute Gasteiger partial charge is 0.316 e. The summed E-state index contributed by atoms with van der Waals surface area (Å²) in [7, 11) is 0. The molecule has 0 bridgehead atoms. The lowest BCUT2D eigenvalue weighted by molar-refractivity contribution is -0.152. The van der Waals surface area contributed by atoms with Crippen LogP contribution in [0.1, 0.15) is 20.8 Å². The third kappa shape index (κ3) is 2.01. The van der Waals surface area contributed by atoms with Gasteiger partial charge in [0.05, 0.1) is 6.04 Å². The molecule has 0 spiro atoms. The summed E-state index contributed by atoms with van der Waals surface area (Å²) >= 11 is 0. The van der Waals surface area contributed by atoms with Crippen molar-refractivity contribution in [2.75, 3.05) is 0 Å². The summed E-state index contributed by atoms with van der Waals surface area (Å²) in [5.74, 6) is -1.59. The second-order valence-corrected chi connectivity index (χ2v) is 3.08. The Labute approximate surface area is 65.4 Å². The fourth-order valence-electron chi connectivity index (χ4n) is 0.675. The van der Waals surface area contributed by atoms with E-state index in [0.29, 0.717) is 0 Å². The molecule has 1 unspecified atom stereocenters. The monoisotopic (exact) mass is 159 g/mol. The van der Waals surface area contributed by atoms with Gasteiger partial charge in [0.15, 0.2) is 5.78 Å². The molecule has 0 rings (SSSR count). The van der Waals surface area contributed by atoms with Gasteiger partial charge >= 0.3 is 5.97 Å². The molecule has 0 aromatic carbocycles. The maximum atomic E-state index is 11.1. The highest BCUT2D eigenvalue weighted by molar-refractivity contribution is 6.04. The average molecular weight is 159 g/mol. The lowest BCUT2D eigenvalue weighted by atomic mass is 9.85. The van der Waals surface area contributed by atoms with E-state index >= 15 is 0 Å². The van der Waals surface area contributed by atoms with Crippen molar-refractivity contribution in [1.29, 1.82) is 0 Å². The Morgan fingerprint density at radius 1 is 1.45 bits per heavy atom. The number of hydrogen-bond acceptors (Lipinski definition) is 3. The summed E-state index contributed by atoms with van der Waals surface area (Å²) in [4.78, 5) is 21.6. The fraction of sp³-hybridized carbons (Fsp3) is 0.714. The molecule has 0 radical (unpaired) electrons. The molecule has 3 N–H and O–H groups in total. The molecule has 4 nitrogen and oxygen atoms in total.